The van der Waals surface area contributed by atoms with Crippen LogP contribution in [0.3, 0.4) is 0 Å². The monoisotopic (exact) mass is 456 g/mol. The first kappa shape index (κ1) is 23.1. The van der Waals surface area contributed by atoms with Gasteiger partial charge >= 0.3 is 6.18 Å². The number of nitrogens with one attached hydrogen (secondary N) is 1. The number of alkyl halides is 3. The predicted molar refractivity (Wildman–Crippen MR) is 110 cm³/mol. The van der Waals surface area contributed by atoms with Crippen LogP contribution in [-0.2, 0) is 10.0 Å². The Morgan fingerprint density at radius 3 is 2.48 bits per heavy atom. The van der Waals surface area contributed by atoms with Crippen LogP contribution in [0, 0.1) is 6.92 Å². The minimum absolute atomic E-state index is 0.000462. The molecule has 10 heteroatoms. The summed E-state index contributed by atoms with van der Waals surface area (Å²) in [7, 11) is -3.73. The minimum atomic E-state index is -4.53. The zero-order valence-electron chi connectivity index (χ0n) is 16.9. The third-order valence-electron chi connectivity index (χ3n) is 4.83. The van der Waals surface area contributed by atoms with Gasteiger partial charge in [-0.3, -0.25) is 4.79 Å². The zero-order chi connectivity index (χ0) is 22.6. The van der Waals surface area contributed by atoms with Crippen molar-refractivity contribution in [1.29, 1.82) is 0 Å². The molecule has 1 amide bonds. The van der Waals surface area contributed by atoms with E-state index in [2.05, 4.69) is 5.32 Å². The van der Waals surface area contributed by atoms with E-state index in [1.54, 1.807) is 13.0 Å². The smallest absolute Gasteiger partial charge is 0.422 e. The molecule has 0 unspecified atom stereocenters. The van der Waals surface area contributed by atoms with E-state index in [4.69, 9.17) is 4.74 Å². The molecule has 0 spiro atoms. The Labute approximate surface area is 179 Å². The van der Waals surface area contributed by atoms with E-state index < -0.39 is 28.7 Å². The molecule has 0 aromatic heterocycles. The number of halogens is 3. The number of nitrogens with zero attached hydrogens (tertiary/aromatic N) is 1. The lowest BCUT2D eigenvalue weighted by Crippen LogP contribution is -2.35. The van der Waals surface area contributed by atoms with Crippen LogP contribution in [0.25, 0.3) is 0 Å². The molecule has 1 N–H and O–H groups in total. The lowest BCUT2D eigenvalue weighted by molar-refractivity contribution is -0.153. The van der Waals surface area contributed by atoms with E-state index >= 15 is 0 Å². The molecule has 1 saturated heterocycles. The number of piperidine rings is 1. The van der Waals surface area contributed by atoms with Gasteiger partial charge in [-0.15, -0.1) is 0 Å². The van der Waals surface area contributed by atoms with Crippen LogP contribution in [0.5, 0.6) is 5.75 Å². The van der Waals surface area contributed by atoms with Crippen LogP contribution in [0.1, 0.15) is 35.2 Å². The molecule has 1 aliphatic heterocycles. The highest BCUT2D eigenvalue weighted by molar-refractivity contribution is 7.89. The molecule has 6 nitrogen and oxygen atoms in total. The number of anilines is 1. The Morgan fingerprint density at radius 2 is 1.81 bits per heavy atom. The highest BCUT2D eigenvalue weighted by Gasteiger charge is 2.29. The van der Waals surface area contributed by atoms with Gasteiger partial charge in [0.1, 0.15) is 5.75 Å². The van der Waals surface area contributed by atoms with Gasteiger partial charge in [0.05, 0.1) is 10.6 Å². The lowest BCUT2D eigenvalue weighted by Gasteiger charge is -2.26. The van der Waals surface area contributed by atoms with Crippen LogP contribution >= 0.6 is 0 Å². The second kappa shape index (κ2) is 9.27. The third-order valence-corrected chi connectivity index (χ3v) is 6.72. The van der Waals surface area contributed by atoms with Crippen LogP contribution in [-0.4, -0.2) is 44.5 Å². The molecule has 31 heavy (non-hydrogen) atoms. The molecule has 168 valence electrons. The average molecular weight is 456 g/mol. The number of sulfonamides is 1. The number of carbonyl (C=O) groups is 1. The van der Waals surface area contributed by atoms with Crippen molar-refractivity contribution in [3.05, 3.63) is 53.6 Å². The standard InChI is InChI=1S/C21H23F3N2O4S/c1-15-8-9-18(19(12-15)30-14-21(22,23)24)25-20(27)16-6-5-7-17(13-16)31(28,29)26-10-3-2-4-11-26/h5-9,12-13H,2-4,10-11,14H2,1H3,(H,25,27). The number of hydrogen-bond donors (Lipinski definition) is 1. The summed E-state index contributed by atoms with van der Waals surface area (Å²) in [6.07, 6.45) is -1.98. The number of carbonyl (C=O) groups excluding carboxylic acids is 1. The van der Waals surface area contributed by atoms with Crippen molar-refractivity contribution in [2.75, 3.05) is 25.0 Å². The Bertz CT molecular complexity index is 1050. The molecule has 0 bridgehead atoms. The van der Waals surface area contributed by atoms with Crippen molar-refractivity contribution in [2.45, 2.75) is 37.3 Å². The fourth-order valence-corrected chi connectivity index (χ4v) is 4.82. The molecule has 2 aromatic rings. The first-order valence-electron chi connectivity index (χ1n) is 9.78. The summed E-state index contributed by atoms with van der Waals surface area (Å²) < 4.78 is 69.6. The maximum atomic E-state index is 12.9. The Hall–Kier alpha value is -2.59. The number of hydrogen-bond acceptors (Lipinski definition) is 4. The minimum Gasteiger partial charge on any atom is -0.482 e. The van der Waals surface area contributed by atoms with Gasteiger partial charge in [-0.05, 0) is 55.7 Å². The van der Waals surface area contributed by atoms with Crippen molar-refractivity contribution in [3.8, 4) is 5.75 Å². The second-order valence-electron chi connectivity index (χ2n) is 7.35. The van der Waals surface area contributed by atoms with E-state index in [9.17, 15) is 26.4 Å². The molecule has 0 aliphatic carbocycles. The topological polar surface area (TPSA) is 75.7 Å². The first-order valence-corrected chi connectivity index (χ1v) is 11.2. The molecule has 1 aliphatic rings. The number of rotatable bonds is 6. The predicted octanol–water partition coefficient (Wildman–Crippen LogP) is 4.36. The molecule has 0 saturated carbocycles. The summed E-state index contributed by atoms with van der Waals surface area (Å²) in [5, 5.41) is 2.51. The van der Waals surface area contributed by atoms with Crippen molar-refractivity contribution >= 4 is 21.6 Å². The lowest BCUT2D eigenvalue weighted by atomic mass is 10.2. The van der Waals surface area contributed by atoms with E-state index in [1.807, 2.05) is 0 Å². The largest absolute Gasteiger partial charge is 0.482 e. The van der Waals surface area contributed by atoms with Gasteiger partial charge in [-0.2, -0.15) is 17.5 Å². The molecule has 1 fully saturated rings. The van der Waals surface area contributed by atoms with Crippen molar-refractivity contribution in [3.63, 3.8) is 0 Å². The quantitative estimate of drug-likeness (QED) is 0.701. The van der Waals surface area contributed by atoms with Crippen LogP contribution in [0.4, 0.5) is 18.9 Å². The van der Waals surface area contributed by atoms with E-state index in [0.717, 1.165) is 19.3 Å². The SMILES string of the molecule is Cc1ccc(NC(=O)c2cccc(S(=O)(=O)N3CCCCC3)c2)c(OCC(F)(F)F)c1. The molecule has 2 aromatic carbocycles. The summed E-state index contributed by atoms with van der Waals surface area (Å²) >= 11 is 0. The summed E-state index contributed by atoms with van der Waals surface area (Å²) in [6.45, 7) is 1.05. The van der Waals surface area contributed by atoms with Crippen LogP contribution in [0.15, 0.2) is 47.4 Å². The van der Waals surface area contributed by atoms with Crippen LogP contribution < -0.4 is 10.1 Å². The highest BCUT2D eigenvalue weighted by Crippen LogP contribution is 2.29. The van der Waals surface area contributed by atoms with E-state index in [1.165, 1.54) is 40.7 Å². The second-order valence-corrected chi connectivity index (χ2v) is 9.29. The van der Waals surface area contributed by atoms with Gasteiger partial charge in [0.25, 0.3) is 5.91 Å². The number of ether oxygens (including phenoxy) is 1. The number of aryl methyl sites for hydroxylation is 1. The molecule has 0 radical (unpaired) electrons. The molecule has 0 atom stereocenters. The fraction of sp³-hybridized carbons (Fsp3) is 0.381. The van der Waals surface area contributed by atoms with Crippen molar-refractivity contribution < 1.29 is 31.1 Å². The summed E-state index contributed by atoms with van der Waals surface area (Å²) in [5.74, 6) is -0.779. The number of benzene rings is 2. The molecular formula is C21H23F3N2O4S. The first-order chi connectivity index (χ1) is 14.6. The van der Waals surface area contributed by atoms with Gasteiger partial charge in [-0.25, -0.2) is 8.42 Å². The maximum Gasteiger partial charge on any atom is 0.422 e. The van der Waals surface area contributed by atoms with Gasteiger partial charge in [0.15, 0.2) is 6.61 Å². The third kappa shape index (κ3) is 5.98. The van der Waals surface area contributed by atoms with Crippen molar-refractivity contribution in [2.24, 2.45) is 0 Å². The zero-order valence-corrected chi connectivity index (χ0v) is 17.7. The van der Waals surface area contributed by atoms with E-state index in [-0.39, 0.29) is 21.9 Å². The highest BCUT2D eigenvalue weighted by atomic mass is 32.2. The van der Waals surface area contributed by atoms with Crippen molar-refractivity contribution in [1.82, 2.24) is 4.31 Å². The number of amides is 1. The molecular weight excluding hydrogens is 433 g/mol. The Morgan fingerprint density at radius 1 is 1.10 bits per heavy atom. The average Bonchev–Trinajstić information content (AvgIpc) is 2.74. The molecule has 3 rings (SSSR count). The van der Waals surface area contributed by atoms with E-state index in [0.29, 0.717) is 18.7 Å². The maximum absolute atomic E-state index is 12.9. The molecule has 1 heterocycles. The normalized spacial score (nSPS) is 15.5. The Balaban J connectivity index is 1.81. The van der Waals surface area contributed by atoms with Gasteiger partial charge in [0, 0.05) is 18.7 Å². The summed E-state index contributed by atoms with van der Waals surface area (Å²) in [5.41, 5.74) is 0.786. The van der Waals surface area contributed by atoms with Gasteiger partial charge < -0.3 is 10.1 Å². The van der Waals surface area contributed by atoms with Crippen LogP contribution in [0.2, 0.25) is 0 Å². The van der Waals surface area contributed by atoms with Gasteiger partial charge in [0.2, 0.25) is 10.0 Å². The summed E-state index contributed by atoms with van der Waals surface area (Å²) in [6, 6.07) is 10.0. The Kier molecular flexibility index (Phi) is 6.90. The fourth-order valence-electron chi connectivity index (χ4n) is 3.26. The summed E-state index contributed by atoms with van der Waals surface area (Å²) in [4.78, 5) is 12.7. The van der Waals surface area contributed by atoms with Gasteiger partial charge in [-0.1, -0.05) is 18.6 Å².